The summed E-state index contributed by atoms with van der Waals surface area (Å²) in [6.07, 6.45) is 1.28. The zero-order chi connectivity index (χ0) is 15.7. The van der Waals surface area contributed by atoms with Crippen molar-refractivity contribution in [2.45, 2.75) is 39.8 Å². The fraction of sp³-hybridized carbons (Fsp3) is 0.625. The summed E-state index contributed by atoms with van der Waals surface area (Å²) in [6.45, 7) is 8.82. The molecule has 0 heterocycles. The van der Waals surface area contributed by atoms with E-state index in [1.807, 2.05) is 19.9 Å². The highest BCUT2D eigenvalue weighted by atomic mass is 35.5. The monoisotopic (exact) mass is 315 g/mol. The SMILES string of the molecule is CCCNCc1cc(Cl)cc(OC)c1OCCOC(C)C. The van der Waals surface area contributed by atoms with E-state index in [0.29, 0.717) is 30.5 Å². The van der Waals surface area contributed by atoms with Gasteiger partial charge in [-0.2, -0.15) is 0 Å². The molecule has 1 aromatic carbocycles. The minimum atomic E-state index is 0.200. The van der Waals surface area contributed by atoms with Gasteiger partial charge in [0.05, 0.1) is 19.8 Å². The first-order valence-corrected chi connectivity index (χ1v) is 7.77. The molecule has 0 amide bonds. The average molecular weight is 316 g/mol. The molecule has 0 atom stereocenters. The highest BCUT2D eigenvalue weighted by Crippen LogP contribution is 2.34. The Morgan fingerprint density at radius 2 is 2.00 bits per heavy atom. The summed E-state index contributed by atoms with van der Waals surface area (Å²) in [7, 11) is 1.62. The van der Waals surface area contributed by atoms with Crippen molar-refractivity contribution in [1.29, 1.82) is 0 Å². The van der Waals surface area contributed by atoms with Gasteiger partial charge in [-0.25, -0.2) is 0 Å². The van der Waals surface area contributed by atoms with Gasteiger partial charge in [-0.05, 0) is 32.9 Å². The molecule has 0 radical (unpaired) electrons. The van der Waals surface area contributed by atoms with Crippen LogP contribution < -0.4 is 14.8 Å². The van der Waals surface area contributed by atoms with Crippen LogP contribution in [0.3, 0.4) is 0 Å². The highest BCUT2D eigenvalue weighted by molar-refractivity contribution is 6.30. The molecule has 0 fully saturated rings. The topological polar surface area (TPSA) is 39.7 Å². The number of hydrogen-bond acceptors (Lipinski definition) is 4. The van der Waals surface area contributed by atoms with Gasteiger partial charge in [-0.3, -0.25) is 0 Å². The van der Waals surface area contributed by atoms with Gasteiger partial charge in [0.2, 0.25) is 0 Å². The molecular weight excluding hydrogens is 290 g/mol. The third kappa shape index (κ3) is 6.55. The fourth-order valence-corrected chi connectivity index (χ4v) is 2.13. The van der Waals surface area contributed by atoms with Gasteiger partial charge >= 0.3 is 0 Å². The van der Waals surface area contributed by atoms with Crippen molar-refractivity contribution >= 4 is 11.6 Å². The smallest absolute Gasteiger partial charge is 0.165 e. The maximum atomic E-state index is 6.13. The van der Waals surface area contributed by atoms with Gasteiger partial charge < -0.3 is 19.5 Å². The Morgan fingerprint density at radius 1 is 1.24 bits per heavy atom. The van der Waals surface area contributed by atoms with E-state index in [4.69, 9.17) is 25.8 Å². The molecule has 21 heavy (non-hydrogen) atoms. The summed E-state index contributed by atoms with van der Waals surface area (Å²) in [5.74, 6) is 1.39. The van der Waals surface area contributed by atoms with Gasteiger partial charge in [-0.1, -0.05) is 18.5 Å². The molecular formula is C16H26ClNO3. The molecule has 1 aromatic rings. The fourth-order valence-electron chi connectivity index (χ4n) is 1.90. The van der Waals surface area contributed by atoms with Crippen LogP contribution in [0.4, 0.5) is 0 Å². The molecule has 0 unspecified atom stereocenters. The van der Waals surface area contributed by atoms with Crippen LogP contribution in [0.5, 0.6) is 11.5 Å². The highest BCUT2D eigenvalue weighted by Gasteiger charge is 2.13. The molecule has 5 heteroatoms. The molecule has 1 N–H and O–H groups in total. The lowest BCUT2D eigenvalue weighted by Crippen LogP contribution is -2.16. The van der Waals surface area contributed by atoms with Crippen LogP contribution >= 0.6 is 11.6 Å². The van der Waals surface area contributed by atoms with E-state index in [9.17, 15) is 0 Å². The van der Waals surface area contributed by atoms with Gasteiger partial charge in [0, 0.05) is 23.2 Å². The first kappa shape index (κ1) is 18.1. The summed E-state index contributed by atoms with van der Waals surface area (Å²) >= 11 is 6.13. The molecule has 0 aliphatic heterocycles. The summed E-state index contributed by atoms with van der Waals surface area (Å²) in [6, 6.07) is 3.68. The maximum absolute atomic E-state index is 6.13. The van der Waals surface area contributed by atoms with Crippen LogP contribution in [-0.4, -0.2) is 33.0 Å². The quantitative estimate of drug-likeness (QED) is 0.669. The normalized spacial score (nSPS) is 11.0. The van der Waals surface area contributed by atoms with Gasteiger partial charge in [0.25, 0.3) is 0 Å². The molecule has 4 nitrogen and oxygen atoms in total. The molecule has 0 aromatic heterocycles. The van der Waals surface area contributed by atoms with Crippen molar-refractivity contribution in [2.75, 3.05) is 26.9 Å². The van der Waals surface area contributed by atoms with Crippen LogP contribution in [0.15, 0.2) is 12.1 Å². The summed E-state index contributed by atoms with van der Waals surface area (Å²) in [5, 5.41) is 4.00. The molecule has 0 bridgehead atoms. The number of halogens is 1. The summed E-state index contributed by atoms with van der Waals surface area (Å²) in [4.78, 5) is 0. The van der Waals surface area contributed by atoms with Crippen molar-refractivity contribution in [3.63, 3.8) is 0 Å². The molecule has 120 valence electrons. The van der Waals surface area contributed by atoms with E-state index in [-0.39, 0.29) is 6.10 Å². The molecule has 0 spiro atoms. The Kier molecular flexibility index (Phi) is 8.50. The Bertz CT molecular complexity index is 424. The lowest BCUT2D eigenvalue weighted by atomic mass is 10.1. The van der Waals surface area contributed by atoms with E-state index < -0.39 is 0 Å². The van der Waals surface area contributed by atoms with Crippen molar-refractivity contribution in [3.8, 4) is 11.5 Å². The standard InChI is InChI=1S/C16H26ClNO3/c1-5-6-18-11-13-9-14(17)10-15(19-4)16(13)21-8-7-20-12(2)3/h9-10,12,18H,5-8,11H2,1-4H3. The molecule has 0 saturated heterocycles. The van der Waals surface area contributed by atoms with Crippen LogP contribution in [0.25, 0.3) is 0 Å². The van der Waals surface area contributed by atoms with Crippen molar-refractivity contribution < 1.29 is 14.2 Å². The minimum absolute atomic E-state index is 0.200. The third-order valence-electron chi connectivity index (χ3n) is 2.84. The Hall–Kier alpha value is -0.970. The zero-order valence-corrected chi connectivity index (χ0v) is 14.1. The molecule has 0 aliphatic rings. The minimum Gasteiger partial charge on any atom is -0.493 e. The van der Waals surface area contributed by atoms with E-state index in [1.165, 1.54) is 0 Å². The molecule has 0 saturated carbocycles. The van der Waals surface area contributed by atoms with Crippen LogP contribution in [-0.2, 0) is 11.3 Å². The number of rotatable bonds is 10. The van der Waals surface area contributed by atoms with E-state index in [2.05, 4.69) is 12.2 Å². The number of methoxy groups -OCH3 is 1. The lowest BCUT2D eigenvalue weighted by molar-refractivity contribution is 0.0544. The van der Waals surface area contributed by atoms with E-state index >= 15 is 0 Å². The third-order valence-corrected chi connectivity index (χ3v) is 3.06. The second-order valence-electron chi connectivity index (χ2n) is 5.04. The van der Waals surface area contributed by atoms with Gasteiger partial charge in [-0.15, -0.1) is 0 Å². The first-order chi connectivity index (χ1) is 10.1. The van der Waals surface area contributed by atoms with Crippen LogP contribution in [0, 0.1) is 0 Å². The molecule has 0 aliphatic carbocycles. The zero-order valence-electron chi connectivity index (χ0n) is 13.4. The van der Waals surface area contributed by atoms with Gasteiger partial charge in [0.15, 0.2) is 11.5 Å². The summed E-state index contributed by atoms with van der Waals surface area (Å²) in [5.41, 5.74) is 0.998. The predicted molar refractivity (Wildman–Crippen MR) is 86.6 cm³/mol. The largest absolute Gasteiger partial charge is 0.493 e. The van der Waals surface area contributed by atoms with Crippen molar-refractivity contribution in [3.05, 3.63) is 22.7 Å². The van der Waals surface area contributed by atoms with Crippen molar-refractivity contribution in [1.82, 2.24) is 5.32 Å². The van der Waals surface area contributed by atoms with Crippen LogP contribution in [0.1, 0.15) is 32.8 Å². The van der Waals surface area contributed by atoms with E-state index in [1.54, 1.807) is 13.2 Å². The molecule has 1 rings (SSSR count). The maximum Gasteiger partial charge on any atom is 0.165 e. The lowest BCUT2D eigenvalue weighted by Gasteiger charge is -2.17. The van der Waals surface area contributed by atoms with Gasteiger partial charge in [0.1, 0.15) is 6.61 Å². The average Bonchev–Trinajstić information content (AvgIpc) is 2.44. The second kappa shape index (κ2) is 9.87. The van der Waals surface area contributed by atoms with E-state index in [0.717, 1.165) is 24.3 Å². The second-order valence-corrected chi connectivity index (χ2v) is 5.48. The summed E-state index contributed by atoms with van der Waals surface area (Å²) < 4.78 is 16.7. The Labute approximate surface area is 132 Å². The number of nitrogens with one attached hydrogen (secondary N) is 1. The number of ether oxygens (including phenoxy) is 3. The number of hydrogen-bond donors (Lipinski definition) is 1. The Morgan fingerprint density at radius 3 is 2.62 bits per heavy atom. The van der Waals surface area contributed by atoms with Crippen molar-refractivity contribution in [2.24, 2.45) is 0 Å². The van der Waals surface area contributed by atoms with Crippen LogP contribution in [0.2, 0.25) is 5.02 Å². The predicted octanol–water partition coefficient (Wildman–Crippen LogP) is 3.65. The first-order valence-electron chi connectivity index (χ1n) is 7.40. The Balaban J connectivity index is 2.76. The number of benzene rings is 1.